The van der Waals surface area contributed by atoms with Gasteiger partial charge in [-0.3, -0.25) is 0 Å². The van der Waals surface area contributed by atoms with E-state index in [1.807, 2.05) is 30.5 Å². The second-order valence-corrected chi connectivity index (χ2v) is 4.65. The lowest BCUT2D eigenvalue weighted by atomic mass is 10.2. The molecular formula is C12H19NO2S. The molecule has 90 valence electrons. The molecule has 0 aliphatic heterocycles. The predicted octanol–water partition coefficient (Wildman–Crippen LogP) is 1.99. The molecule has 3 nitrogen and oxygen atoms in total. The third kappa shape index (κ3) is 4.43. The zero-order chi connectivity index (χ0) is 11.8. The lowest BCUT2D eigenvalue weighted by molar-refractivity contribution is 0.277. The molecule has 0 saturated carbocycles. The third-order valence-corrected chi connectivity index (χ3v) is 3.59. The number of aliphatic hydroxyl groups is 1. The SMILES string of the molecule is CSC(CO)C(C)NC/C=C/c1ccco1. The van der Waals surface area contributed by atoms with E-state index in [0.29, 0.717) is 6.04 Å². The molecule has 0 aromatic carbocycles. The molecule has 2 unspecified atom stereocenters. The molecule has 16 heavy (non-hydrogen) atoms. The van der Waals surface area contributed by atoms with Crippen molar-refractivity contribution in [1.82, 2.24) is 5.32 Å². The Hall–Kier alpha value is -0.710. The van der Waals surface area contributed by atoms with E-state index >= 15 is 0 Å². The largest absolute Gasteiger partial charge is 0.465 e. The quantitative estimate of drug-likeness (QED) is 0.766. The van der Waals surface area contributed by atoms with Gasteiger partial charge < -0.3 is 14.8 Å². The number of rotatable bonds is 7. The monoisotopic (exact) mass is 241 g/mol. The van der Waals surface area contributed by atoms with Gasteiger partial charge in [0.25, 0.3) is 0 Å². The molecule has 0 aliphatic carbocycles. The number of hydrogen-bond acceptors (Lipinski definition) is 4. The Balaban J connectivity index is 2.24. The van der Waals surface area contributed by atoms with Gasteiger partial charge in [0.1, 0.15) is 5.76 Å². The second-order valence-electron chi connectivity index (χ2n) is 3.57. The molecule has 0 aliphatic rings. The van der Waals surface area contributed by atoms with Gasteiger partial charge in [-0.05, 0) is 31.4 Å². The first kappa shape index (κ1) is 13.4. The summed E-state index contributed by atoms with van der Waals surface area (Å²) in [5.41, 5.74) is 0. The van der Waals surface area contributed by atoms with Gasteiger partial charge in [0.15, 0.2) is 0 Å². The van der Waals surface area contributed by atoms with Crippen LogP contribution in [0.2, 0.25) is 0 Å². The summed E-state index contributed by atoms with van der Waals surface area (Å²) in [7, 11) is 0. The molecule has 0 radical (unpaired) electrons. The summed E-state index contributed by atoms with van der Waals surface area (Å²) in [6.45, 7) is 3.06. The van der Waals surface area contributed by atoms with Gasteiger partial charge in [-0.2, -0.15) is 11.8 Å². The zero-order valence-corrected chi connectivity index (χ0v) is 10.5. The molecule has 2 N–H and O–H groups in total. The van der Waals surface area contributed by atoms with Crippen molar-refractivity contribution in [2.75, 3.05) is 19.4 Å². The fourth-order valence-corrected chi connectivity index (χ4v) is 2.04. The molecule has 1 aromatic rings. The van der Waals surface area contributed by atoms with E-state index in [9.17, 15) is 0 Å². The minimum absolute atomic E-state index is 0.206. The highest BCUT2D eigenvalue weighted by Crippen LogP contribution is 2.10. The number of nitrogens with one attached hydrogen (secondary N) is 1. The van der Waals surface area contributed by atoms with E-state index in [1.54, 1.807) is 18.0 Å². The first-order valence-electron chi connectivity index (χ1n) is 5.35. The Morgan fingerprint density at radius 1 is 1.62 bits per heavy atom. The summed E-state index contributed by atoms with van der Waals surface area (Å²) in [6, 6.07) is 4.07. The van der Waals surface area contributed by atoms with Crippen molar-refractivity contribution in [3.8, 4) is 0 Å². The predicted molar refractivity (Wildman–Crippen MR) is 69.6 cm³/mol. The van der Waals surface area contributed by atoms with Crippen molar-refractivity contribution in [1.29, 1.82) is 0 Å². The summed E-state index contributed by atoms with van der Waals surface area (Å²) in [6.07, 6.45) is 7.62. The first-order valence-corrected chi connectivity index (χ1v) is 6.63. The summed E-state index contributed by atoms with van der Waals surface area (Å²) in [5.74, 6) is 0.859. The topological polar surface area (TPSA) is 45.4 Å². The zero-order valence-electron chi connectivity index (χ0n) is 9.72. The Kier molecular flexibility index (Phi) is 6.30. The standard InChI is InChI=1S/C12H19NO2S/c1-10(12(9-14)16-2)13-7-3-5-11-6-4-8-15-11/h3-6,8,10,12-14H,7,9H2,1-2H3/b5-3+. The summed E-state index contributed by atoms with van der Waals surface area (Å²) in [5, 5.41) is 12.7. The van der Waals surface area contributed by atoms with E-state index in [0.717, 1.165) is 12.3 Å². The molecule has 0 bridgehead atoms. The maximum absolute atomic E-state index is 9.11. The number of furan rings is 1. The summed E-state index contributed by atoms with van der Waals surface area (Å²) < 4.78 is 5.17. The average molecular weight is 241 g/mol. The number of thioether (sulfide) groups is 1. The van der Waals surface area contributed by atoms with Crippen LogP contribution < -0.4 is 5.32 Å². The van der Waals surface area contributed by atoms with Gasteiger partial charge in [0.05, 0.1) is 12.9 Å². The van der Waals surface area contributed by atoms with Gasteiger partial charge in [-0.15, -0.1) is 0 Å². The van der Waals surface area contributed by atoms with Crippen LogP contribution in [0.5, 0.6) is 0 Å². The van der Waals surface area contributed by atoms with E-state index < -0.39 is 0 Å². The Morgan fingerprint density at radius 2 is 2.44 bits per heavy atom. The molecule has 2 atom stereocenters. The minimum atomic E-state index is 0.206. The molecule has 1 rings (SSSR count). The molecule has 1 aromatic heterocycles. The van der Waals surface area contributed by atoms with Crippen molar-refractivity contribution < 1.29 is 9.52 Å². The smallest absolute Gasteiger partial charge is 0.126 e. The molecule has 0 saturated heterocycles. The van der Waals surface area contributed by atoms with Crippen LogP contribution in [-0.2, 0) is 0 Å². The molecule has 4 heteroatoms. The second kappa shape index (κ2) is 7.54. The molecule has 0 amide bonds. The Labute approximate surface area is 101 Å². The van der Waals surface area contributed by atoms with Gasteiger partial charge >= 0.3 is 0 Å². The maximum Gasteiger partial charge on any atom is 0.126 e. The first-order chi connectivity index (χ1) is 7.77. The number of aliphatic hydroxyl groups excluding tert-OH is 1. The highest BCUT2D eigenvalue weighted by Gasteiger charge is 2.13. The van der Waals surface area contributed by atoms with E-state index in [2.05, 4.69) is 12.2 Å². The lowest BCUT2D eigenvalue weighted by Gasteiger charge is -2.20. The van der Waals surface area contributed by atoms with Crippen LogP contribution in [-0.4, -0.2) is 35.8 Å². The Bertz CT molecular complexity index is 294. The lowest BCUT2D eigenvalue weighted by Crippen LogP contribution is -2.37. The number of hydrogen-bond donors (Lipinski definition) is 2. The Morgan fingerprint density at radius 3 is 3.00 bits per heavy atom. The summed E-state index contributed by atoms with van der Waals surface area (Å²) >= 11 is 1.68. The van der Waals surface area contributed by atoms with Gasteiger partial charge in [-0.25, -0.2) is 0 Å². The van der Waals surface area contributed by atoms with E-state index in [-0.39, 0.29) is 11.9 Å². The van der Waals surface area contributed by atoms with Crippen LogP contribution in [0.1, 0.15) is 12.7 Å². The van der Waals surface area contributed by atoms with Crippen molar-refractivity contribution in [3.05, 3.63) is 30.2 Å². The molecular weight excluding hydrogens is 222 g/mol. The van der Waals surface area contributed by atoms with E-state index in [4.69, 9.17) is 9.52 Å². The highest BCUT2D eigenvalue weighted by molar-refractivity contribution is 7.99. The van der Waals surface area contributed by atoms with Crippen LogP contribution >= 0.6 is 11.8 Å². The average Bonchev–Trinajstić information content (AvgIpc) is 2.79. The van der Waals surface area contributed by atoms with Crippen LogP contribution in [0.15, 0.2) is 28.9 Å². The third-order valence-electron chi connectivity index (χ3n) is 2.42. The van der Waals surface area contributed by atoms with E-state index in [1.165, 1.54) is 0 Å². The van der Waals surface area contributed by atoms with Crippen molar-refractivity contribution in [2.45, 2.75) is 18.2 Å². The van der Waals surface area contributed by atoms with Crippen molar-refractivity contribution in [2.24, 2.45) is 0 Å². The fourth-order valence-electron chi connectivity index (χ4n) is 1.38. The molecule has 0 fully saturated rings. The fraction of sp³-hybridized carbons (Fsp3) is 0.500. The minimum Gasteiger partial charge on any atom is -0.465 e. The molecule has 0 spiro atoms. The normalized spacial score (nSPS) is 15.4. The highest BCUT2D eigenvalue weighted by atomic mass is 32.2. The van der Waals surface area contributed by atoms with Crippen molar-refractivity contribution >= 4 is 17.8 Å². The van der Waals surface area contributed by atoms with Gasteiger partial charge in [-0.1, -0.05) is 6.08 Å². The maximum atomic E-state index is 9.11. The molecule has 1 heterocycles. The van der Waals surface area contributed by atoms with Crippen molar-refractivity contribution in [3.63, 3.8) is 0 Å². The summed E-state index contributed by atoms with van der Waals surface area (Å²) in [4.78, 5) is 0. The van der Waals surface area contributed by atoms with Crippen LogP contribution in [0.3, 0.4) is 0 Å². The van der Waals surface area contributed by atoms with Gasteiger partial charge in [0, 0.05) is 17.8 Å². The van der Waals surface area contributed by atoms with Crippen LogP contribution in [0.4, 0.5) is 0 Å². The van der Waals surface area contributed by atoms with Gasteiger partial charge in [0.2, 0.25) is 0 Å². The van der Waals surface area contributed by atoms with Crippen LogP contribution in [0.25, 0.3) is 6.08 Å². The van der Waals surface area contributed by atoms with Crippen LogP contribution in [0, 0.1) is 0 Å².